The van der Waals surface area contributed by atoms with Gasteiger partial charge in [0.2, 0.25) is 9.84 Å². The second kappa shape index (κ2) is 7.45. The topological polar surface area (TPSA) is 118 Å². The number of rotatable bonds is 4. The molecule has 2 aromatic carbocycles. The fourth-order valence-corrected chi connectivity index (χ4v) is 4.25. The summed E-state index contributed by atoms with van der Waals surface area (Å²) in [6.45, 7) is 0. The van der Waals surface area contributed by atoms with Crippen LogP contribution in [0.15, 0.2) is 69.3 Å². The molecule has 28 heavy (non-hydrogen) atoms. The molecule has 0 spiro atoms. The standard InChI is InChI=1S/C18H14ClN3O5S/c1-20-18(25)16-17(24)14(23)10-22(21-16)13-7-2-3-8-15(13)28(26,27)12-6-4-5-11(19)9-12/h2-10,23H,1H3,(H,20,25). The van der Waals surface area contributed by atoms with Crippen LogP contribution in [0.25, 0.3) is 5.69 Å². The lowest BCUT2D eigenvalue weighted by Gasteiger charge is -2.13. The van der Waals surface area contributed by atoms with Gasteiger partial charge < -0.3 is 10.4 Å². The zero-order chi connectivity index (χ0) is 20.5. The molecule has 3 aromatic rings. The van der Waals surface area contributed by atoms with Crippen LogP contribution in [0.1, 0.15) is 10.5 Å². The van der Waals surface area contributed by atoms with Crippen LogP contribution in [-0.4, -0.2) is 36.3 Å². The molecule has 1 amide bonds. The summed E-state index contributed by atoms with van der Waals surface area (Å²) in [5.74, 6) is -1.56. The van der Waals surface area contributed by atoms with Gasteiger partial charge in [0.25, 0.3) is 11.3 Å². The molecule has 0 radical (unpaired) electrons. The minimum atomic E-state index is -4.01. The summed E-state index contributed by atoms with van der Waals surface area (Å²) in [7, 11) is -2.71. The van der Waals surface area contributed by atoms with Crippen LogP contribution in [0, 0.1) is 0 Å². The van der Waals surface area contributed by atoms with Crippen molar-refractivity contribution >= 4 is 27.3 Å². The SMILES string of the molecule is CNC(=O)c1nn(-c2ccccc2S(=O)(=O)c2cccc(Cl)c2)cc(O)c1=O. The number of sulfone groups is 1. The highest BCUT2D eigenvalue weighted by Crippen LogP contribution is 2.28. The van der Waals surface area contributed by atoms with E-state index in [1.54, 1.807) is 12.1 Å². The van der Waals surface area contributed by atoms with Crippen LogP contribution in [0.5, 0.6) is 5.75 Å². The Bertz CT molecular complexity index is 1240. The molecule has 144 valence electrons. The Morgan fingerprint density at radius 3 is 2.57 bits per heavy atom. The first-order valence-corrected chi connectivity index (χ1v) is 9.77. The van der Waals surface area contributed by atoms with E-state index in [4.69, 9.17) is 11.6 Å². The van der Waals surface area contributed by atoms with Gasteiger partial charge in [0.1, 0.15) is 0 Å². The van der Waals surface area contributed by atoms with Gasteiger partial charge in [0, 0.05) is 12.1 Å². The molecule has 3 rings (SSSR count). The van der Waals surface area contributed by atoms with Gasteiger partial charge in [-0.2, -0.15) is 5.10 Å². The van der Waals surface area contributed by atoms with Gasteiger partial charge in [-0.05, 0) is 30.3 Å². The monoisotopic (exact) mass is 419 g/mol. The number of amides is 1. The van der Waals surface area contributed by atoms with E-state index < -0.39 is 32.6 Å². The number of nitrogens with one attached hydrogen (secondary N) is 1. The molecule has 0 bridgehead atoms. The van der Waals surface area contributed by atoms with E-state index in [-0.39, 0.29) is 20.5 Å². The van der Waals surface area contributed by atoms with Crippen molar-refractivity contribution in [1.82, 2.24) is 15.1 Å². The highest BCUT2D eigenvalue weighted by atomic mass is 35.5. The van der Waals surface area contributed by atoms with Crippen molar-refractivity contribution in [2.24, 2.45) is 0 Å². The molecular formula is C18H14ClN3O5S. The van der Waals surface area contributed by atoms with Gasteiger partial charge in [0.15, 0.2) is 11.4 Å². The van der Waals surface area contributed by atoms with Gasteiger partial charge in [-0.25, -0.2) is 13.1 Å². The number of hydrogen-bond donors (Lipinski definition) is 2. The molecule has 1 aromatic heterocycles. The van der Waals surface area contributed by atoms with E-state index in [9.17, 15) is 23.1 Å². The lowest BCUT2D eigenvalue weighted by Crippen LogP contribution is -2.29. The summed E-state index contributed by atoms with van der Waals surface area (Å²) in [5.41, 5.74) is -1.49. The number of benzene rings is 2. The summed E-state index contributed by atoms with van der Waals surface area (Å²) in [6, 6.07) is 11.6. The second-order valence-corrected chi connectivity index (χ2v) is 8.00. The second-order valence-electron chi connectivity index (χ2n) is 5.64. The van der Waals surface area contributed by atoms with Crippen molar-refractivity contribution in [2.75, 3.05) is 7.05 Å². The third kappa shape index (κ3) is 3.49. The van der Waals surface area contributed by atoms with Crippen molar-refractivity contribution in [3.05, 3.63) is 75.7 Å². The molecule has 0 aliphatic rings. The summed E-state index contributed by atoms with van der Waals surface area (Å²) in [5, 5.41) is 16.3. The predicted octanol–water partition coefficient (Wildman–Crippen LogP) is 1.78. The normalized spacial score (nSPS) is 11.2. The molecule has 2 N–H and O–H groups in total. The van der Waals surface area contributed by atoms with Crippen molar-refractivity contribution < 1.29 is 18.3 Å². The Labute approximate surface area is 164 Å². The summed E-state index contributed by atoms with van der Waals surface area (Å²) >= 11 is 5.91. The van der Waals surface area contributed by atoms with Crippen LogP contribution in [0.3, 0.4) is 0 Å². The molecule has 10 heteroatoms. The fourth-order valence-electron chi connectivity index (χ4n) is 2.50. The van der Waals surface area contributed by atoms with Gasteiger partial charge >= 0.3 is 0 Å². The van der Waals surface area contributed by atoms with E-state index in [1.165, 1.54) is 43.4 Å². The summed E-state index contributed by atoms with van der Waals surface area (Å²) < 4.78 is 27.2. The van der Waals surface area contributed by atoms with Gasteiger partial charge in [-0.3, -0.25) is 9.59 Å². The number of carbonyl (C=O) groups is 1. The van der Waals surface area contributed by atoms with Gasteiger partial charge in [-0.1, -0.05) is 29.8 Å². The number of carbonyl (C=O) groups excluding carboxylic acids is 1. The number of aromatic hydroxyl groups is 1. The maximum Gasteiger partial charge on any atom is 0.275 e. The molecule has 0 fully saturated rings. The quantitative estimate of drug-likeness (QED) is 0.665. The molecule has 0 saturated heterocycles. The smallest absolute Gasteiger partial charge is 0.275 e. The predicted molar refractivity (Wildman–Crippen MR) is 102 cm³/mol. The summed E-state index contributed by atoms with van der Waals surface area (Å²) in [4.78, 5) is 23.7. The highest BCUT2D eigenvalue weighted by Gasteiger charge is 2.24. The minimum absolute atomic E-state index is 0.0377. The van der Waals surface area contributed by atoms with Crippen LogP contribution in [0.2, 0.25) is 5.02 Å². The minimum Gasteiger partial charge on any atom is -0.503 e. The molecule has 0 aliphatic carbocycles. The Hall–Kier alpha value is -3.17. The van der Waals surface area contributed by atoms with Crippen LogP contribution in [-0.2, 0) is 9.84 Å². The molecule has 0 atom stereocenters. The maximum absolute atomic E-state index is 13.1. The molecule has 1 heterocycles. The van der Waals surface area contributed by atoms with Gasteiger partial charge in [0.05, 0.1) is 21.7 Å². The average Bonchev–Trinajstić information content (AvgIpc) is 2.69. The van der Waals surface area contributed by atoms with Crippen molar-refractivity contribution in [3.63, 3.8) is 0 Å². The molecule has 0 unspecified atom stereocenters. The molecular weight excluding hydrogens is 406 g/mol. The van der Waals surface area contributed by atoms with E-state index in [0.29, 0.717) is 0 Å². The Morgan fingerprint density at radius 2 is 1.89 bits per heavy atom. The first-order chi connectivity index (χ1) is 13.3. The zero-order valence-corrected chi connectivity index (χ0v) is 16.0. The van der Waals surface area contributed by atoms with E-state index >= 15 is 0 Å². The Balaban J connectivity index is 2.26. The number of hydrogen-bond acceptors (Lipinski definition) is 6. The van der Waals surface area contributed by atoms with Crippen LogP contribution >= 0.6 is 11.6 Å². The molecule has 8 nitrogen and oxygen atoms in total. The van der Waals surface area contributed by atoms with Gasteiger partial charge in [-0.15, -0.1) is 0 Å². The lowest BCUT2D eigenvalue weighted by molar-refractivity contribution is 0.0954. The average molecular weight is 420 g/mol. The van der Waals surface area contributed by atoms with E-state index in [2.05, 4.69) is 10.4 Å². The third-order valence-electron chi connectivity index (χ3n) is 3.85. The largest absolute Gasteiger partial charge is 0.503 e. The number of halogens is 1. The first-order valence-electron chi connectivity index (χ1n) is 7.91. The van der Waals surface area contributed by atoms with Crippen molar-refractivity contribution in [3.8, 4) is 11.4 Å². The molecule has 0 aliphatic heterocycles. The lowest BCUT2D eigenvalue weighted by atomic mass is 10.3. The fraction of sp³-hybridized carbons (Fsp3) is 0.0556. The van der Waals surface area contributed by atoms with E-state index in [1.807, 2.05) is 0 Å². The van der Waals surface area contributed by atoms with E-state index in [0.717, 1.165) is 10.9 Å². The number of aromatic nitrogens is 2. The molecule has 0 saturated carbocycles. The Kier molecular flexibility index (Phi) is 5.21. The zero-order valence-electron chi connectivity index (χ0n) is 14.5. The maximum atomic E-state index is 13.1. The summed E-state index contributed by atoms with van der Waals surface area (Å²) in [6.07, 6.45) is 0.946. The third-order valence-corrected chi connectivity index (χ3v) is 5.88. The first kappa shape index (κ1) is 19.6. The van der Waals surface area contributed by atoms with Crippen molar-refractivity contribution in [2.45, 2.75) is 9.79 Å². The van der Waals surface area contributed by atoms with Crippen molar-refractivity contribution in [1.29, 1.82) is 0 Å². The Morgan fingerprint density at radius 1 is 1.18 bits per heavy atom. The van der Waals surface area contributed by atoms with Crippen LogP contribution < -0.4 is 10.7 Å². The van der Waals surface area contributed by atoms with Crippen LogP contribution in [0.4, 0.5) is 0 Å². The number of nitrogens with zero attached hydrogens (tertiary/aromatic N) is 2. The number of para-hydroxylation sites is 1. The highest BCUT2D eigenvalue weighted by molar-refractivity contribution is 7.91.